The van der Waals surface area contributed by atoms with Crippen molar-refractivity contribution in [2.24, 2.45) is 0 Å². The van der Waals surface area contributed by atoms with E-state index in [0.717, 1.165) is 19.8 Å². The second-order valence-corrected chi connectivity index (χ2v) is 4.88. The predicted molar refractivity (Wildman–Crippen MR) is 112 cm³/mol. The average Bonchev–Trinajstić information content (AvgIpc) is 3.24. The summed E-state index contributed by atoms with van der Waals surface area (Å²) in [5.74, 6) is 0. The van der Waals surface area contributed by atoms with Gasteiger partial charge >= 0.3 is 29.3 Å². The van der Waals surface area contributed by atoms with Gasteiger partial charge in [-0.15, -0.1) is 0 Å². The molecule has 0 radical (unpaired) electrons. The lowest BCUT2D eigenvalue weighted by molar-refractivity contribution is 0.276. The molecule has 1 aliphatic rings. The summed E-state index contributed by atoms with van der Waals surface area (Å²) in [7, 11) is -6.59. The molecule has 0 spiro atoms. The maximum atomic E-state index is 7.17. The summed E-state index contributed by atoms with van der Waals surface area (Å²) in [5.41, 5.74) is 0. The zero-order valence-corrected chi connectivity index (χ0v) is 17.5. The van der Waals surface area contributed by atoms with Gasteiger partial charge in [0, 0.05) is 44.9 Å². The number of hydrogen-bond donors (Lipinski definition) is 12. The van der Waals surface area contributed by atoms with Gasteiger partial charge in [-0.3, -0.25) is 0 Å². The summed E-state index contributed by atoms with van der Waals surface area (Å²) < 4.78 is 2.01. The van der Waals surface area contributed by atoms with E-state index in [0.29, 0.717) is 0 Å². The molecule has 2 heterocycles. The highest BCUT2D eigenvalue weighted by atomic mass is 16.5. The van der Waals surface area contributed by atoms with E-state index in [-0.39, 0.29) is 0 Å². The molecule has 1 aromatic heterocycles. The number of nitrogens with zero attached hydrogens (tertiary/aromatic N) is 4. The van der Waals surface area contributed by atoms with E-state index in [1.807, 2.05) is 10.8 Å². The zero-order valence-electron chi connectivity index (χ0n) is 17.5. The maximum Gasteiger partial charge on any atom is 0.631 e. The van der Waals surface area contributed by atoms with Crippen molar-refractivity contribution >= 4 is 29.3 Å². The van der Waals surface area contributed by atoms with Crippen LogP contribution in [0.25, 0.3) is 0 Å². The minimum atomic E-state index is -2.17. The third-order valence-electron chi connectivity index (χ3n) is 2.27. The fraction of sp³-hybridized carbons (Fsp3) is 0.545. The first-order valence-corrected chi connectivity index (χ1v) is 8.44. The second kappa shape index (κ2) is 26.4. The van der Waals surface area contributed by atoms with Crippen LogP contribution in [0.2, 0.25) is 0 Å². The van der Waals surface area contributed by atoms with Crippen LogP contribution in [0.1, 0.15) is 13.8 Å². The standard InChI is InChI=1S/C6H12N2.C5H8N2.4BH3O3/c1-3-8-5-4-7(2)6-8;1-2-7-4-3-6-5-7;4*2-1(3)4/h4-5H,3,6H2,1-2H3;3-5H,2H2,1H3;4*2-4H. The second-order valence-electron chi connectivity index (χ2n) is 4.88. The van der Waals surface area contributed by atoms with E-state index in [2.05, 4.69) is 48.1 Å². The van der Waals surface area contributed by atoms with Crippen LogP contribution < -0.4 is 0 Å². The van der Waals surface area contributed by atoms with Gasteiger partial charge in [-0.2, -0.15) is 0 Å². The molecule has 0 aromatic carbocycles. The summed E-state index contributed by atoms with van der Waals surface area (Å²) in [4.78, 5) is 8.26. The topological polar surface area (TPSA) is 267 Å². The van der Waals surface area contributed by atoms with Crippen molar-refractivity contribution in [1.29, 1.82) is 0 Å². The van der Waals surface area contributed by atoms with Crippen molar-refractivity contribution in [3.63, 3.8) is 0 Å². The summed E-state index contributed by atoms with van der Waals surface area (Å²) in [6, 6.07) is 0. The molecule has 31 heavy (non-hydrogen) atoms. The smallest absolute Gasteiger partial charge is 0.402 e. The lowest BCUT2D eigenvalue weighted by Gasteiger charge is -2.14. The lowest BCUT2D eigenvalue weighted by atomic mass is 10.3. The minimum absolute atomic E-state index is 1.01. The van der Waals surface area contributed by atoms with Gasteiger partial charge in [-0.25, -0.2) is 4.98 Å². The van der Waals surface area contributed by atoms with Gasteiger partial charge in [0.25, 0.3) is 0 Å². The van der Waals surface area contributed by atoms with E-state index in [9.17, 15) is 0 Å². The Bertz CT molecular complexity index is 438. The molecule has 20 heteroatoms. The highest BCUT2D eigenvalue weighted by Gasteiger charge is 2.03. The molecule has 0 saturated carbocycles. The van der Waals surface area contributed by atoms with Crippen LogP contribution in [0.4, 0.5) is 0 Å². The number of hydrogen-bond acceptors (Lipinski definition) is 15. The quantitative estimate of drug-likeness (QED) is 0.185. The molecule has 0 unspecified atom stereocenters. The van der Waals surface area contributed by atoms with Crippen LogP contribution in [-0.4, -0.2) is 129 Å². The van der Waals surface area contributed by atoms with Crippen LogP contribution in [0.15, 0.2) is 31.1 Å². The minimum Gasteiger partial charge on any atom is -0.402 e. The molecule has 0 aliphatic carbocycles. The first-order valence-electron chi connectivity index (χ1n) is 8.44. The molecule has 0 fully saturated rings. The van der Waals surface area contributed by atoms with Gasteiger partial charge in [-0.1, -0.05) is 0 Å². The number of rotatable bonds is 2. The Hall–Kier alpha value is -1.67. The highest BCUT2D eigenvalue weighted by Crippen LogP contribution is 2.00. The molecule has 0 bridgehead atoms. The van der Waals surface area contributed by atoms with Crippen LogP contribution in [0.5, 0.6) is 0 Å². The van der Waals surface area contributed by atoms with Crippen LogP contribution >= 0.6 is 0 Å². The van der Waals surface area contributed by atoms with Crippen molar-refractivity contribution < 1.29 is 60.3 Å². The molecule has 12 N–H and O–H groups in total. The lowest BCUT2D eigenvalue weighted by Crippen LogP contribution is -2.21. The van der Waals surface area contributed by atoms with Gasteiger partial charge in [-0.05, 0) is 13.8 Å². The first kappa shape index (κ1) is 36.7. The van der Waals surface area contributed by atoms with Crippen molar-refractivity contribution in [3.8, 4) is 0 Å². The maximum absolute atomic E-state index is 7.17. The number of imidazole rings is 1. The Morgan fingerprint density at radius 1 is 0.710 bits per heavy atom. The molecule has 0 saturated heterocycles. The first-order chi connectivity index (χ1) is 14.2. The third kappa shape index (κ3) is 58.5. The highest BCUT2D eigenvalue weighted by molar-refractivity contribution is 6.31. The van der Waals surface area contributed by atoms with Crippen molar-refractivity contribution in [3.05, 3.63) is 31.1 Å². The largest absolute Gasteiger partial charge is 0.631 e. The number of aromatic nitrogens is 2. The normalized spacial score (nSPS) is 10.3. The molecule has 16 nitrogen and oxygen atoms in total. The molecule has 2 rings (SSSR count). The third-order valence-corrected chi connectivity index (χ3v) is 2.27. The van der Waals surface area contributed by atoms with Crippen LogP contribution in [-0.2, 0) is 6.54 Å². The monoisotopic (exact) mass is 456 g/mol. The Balaban J connectivity index is -0.000000146. The van der Waals surface area contributed by atoms with Gasteiger partial charge in [0.1, 0.15) is 0 Å². The van der Waals surface area contributed by atoms with E-state index in [1.54, 1.807) is 12.5 Å². The Labute approximate surface area is 181 Å². The summed E-state index contributed by atoms with van der Waals surface area (Å²) in [5, 5.41) is 86.0. The fourth-order valence-electron chi connectivity index (χ4n) is 1.27. The van der Waals surface area contributed by atoms with Crippen LogP contribution in [0, 0.1) is 0 Å². The fourth-order valence-corrected chi connectivity index (χ4v) is 1.27. The average molecular weight is 456 g/mol. The number of aryl methyl sites for hydroxylation is 1. The molecule has 0 atom stereocenters. The van der Waals surface area contributed by atoms with Gasteiger partial charge < -0.3 is 74.7 Å². The van der Waals surface area contributed by atoms with Gasteiger partial charge in [0.05, 0.1) is 13.0 Å². The van der Waals surface area contributed by atoms with Crippen molar-refractivity contribution in [2.75, 3.05) is 20.3 Å². The van der Waals surface area contributed by atoms with E-state index in [4.69, 9.17) is 60.3 Å². The van der Waals surface area contributed by atoms with E-state index in [1.165, 1.54) is 0 Å². The van der Waals surface area contributed by atoms with Gasteiger partial charge in [0.15, 0.2) is 0 Å². The molecular weight excluding hydrogens is 423 g/mol. The summed E-state index contributed by atoms with van der Waals surface area (Å²) >= 11 is 0. The summed E-state index contributed by atoms with van der Waals surface area (Å²) in [6.07, 6.45) is 9.73. The SMILES string of the molecule is CCN1C=CN(C)C1.CCn1ccnc1.OB(O)O.OB(O)O.OB(O)O.OB(O)O. The molecule has 180 valence electrons. The Morgan fingerprint density at radius 3 is 1.23 bits per heavy atom. The van der Waals surface area contributed by atoms with E-state index >= 15 is 0 Å². The molecule has 1 aromatic rings. The van der Waals surface area contributed by atoms with E-state index < -0.39 is 29.3 Å². The Kier molecular flexibility index (Phi) is 31.2. The van der Waals surface area contributed by atoms with Crippen LogP contribution in [0.3, 0.4) is 0 Å². The van der Waals surface area contributed by atoms with Gasteiger partial charge in [0.2, 0.25) is 0 Å². The zero-order chi connectivity index (χ0) is 25.4. The van der Waals surface area contributed by atoms with Crippen molar-refractivity contribution in [2.45, 2.75) is 20.4 Å². The molecule has 0 amide bonds. The summed E-state index contributed by atoms with van der Waals surface area (Å²) in [6.45, 7) is 7.42. The molecular formula is C11H32B4N4O12. The van der Waals surface area contributed by atoms with Crippen molar-refractivity contribution in [1.82, 2.24) is 19.4 Å². The molecule has 1 aliphatic heterocycles. The Morgan fingerprint density at radius 2 is 1.10 bits per heavy atom. The predicted octanol–water partition coefficient (Wildman–Crippen LogP) is -6.62.